The van der Waals surface area contributed by atoms with Crippen LogP contribution in [0.15, 0.2) is 24.3 Å². The summed E-state index contributed by atoms with van der Waals surface area (Å²) in [5, 5.41) is 19.8. The topological polar surface area (TPSA) is 200 Å². The van der Waals surface area contributed by atoms with E-state index in [1.54, 1.807) is 0 Å². The van der Waals surface area contributed by atoms with Gasteiger partial charge in [-0.05, 0) is 155 Å². The smallest absolute Gasteiger partial charge is 0.465 e. The number of hydrogen-bond donors (Lipinski definition) is 1. The number of nitrogens with zero attached hydrogens (tertiary/aromatic N) is 5. The summed E-state index contributed by atoms with van der Waals surface area (Å²) >= 11 is 0. The van der Waals surface area contributed by atoms with Crippen molar-refractivity contribution in [1.82, 2.24) is 19.6 Å². The first-order chi connectivity index (χ1) is 50.3. The second-order valence-corrected chi connectivity index (χ2v) is 29.8. The van der Waals surface area contributed by atoms with Crippen molar-refractivity contribution in [2.75, 3.05) is 91.9 Å². The summed E-state index contributed by atoms with van der Waals surface area (Å²) in [6, 6.07) is 6.22. The molecule has 0 bridgehead atoms. The summed E-state index contributed by atoms with van der Waals surface area (Å²) in [7, 11) is 0. The molecule has 1 aromatic carbocycles. The van der Waals surface area contributed by atoms with E-state index in [9.17, 15) is 29.3 Å². The highest BCUT2D eigenvalue weighted by Crippen LogP contribution is 2.25. The third kappa shape index (κ3) is 62.9. The van der Waals surface area contributed by atoms with Crippen LogP contribution >= 0.6 is 0 Å². The molecule has 0 aliphatic rings. The quantitative estimate of drug-likeness (QED) is 0.0161. The van der Waals surface area contributed by atoms with Crippen LogP contribution in [0.5, 0.6) is 5.75 Å². The van der Waals surface area contributed by atoms with Crippen molar-refractivity contribution >= 4 is 29.9 Å². The number of aliphatic hydroxyl groups is 1. The minimum atomic E-state index is -0.837. The second kappa shape index (κ2) is 74.4. The molecule has 0 saturated heterocycles. The summed E-state index contributed by atoms with van der Waals surface area (Å²) in [5.74, 6) is 0.789. The Hall–Kier alpha value is -4.10. The van der Waals surface area contributed by atoms with E-state index in [4.69, 9.17) is 33.5 Å². The molecule has 0 spiro atoms. The fraction of sp³-hybridized carbons (Fsp3) is 0.884. The van der Waals surface area contributed by atoms with E-state index in [-0.39, 0.29) is 42.2 Å². The molecule has 4 unspecified atom stereocenters. The summed E-state index contributed by atoms with van der Waals surface area (Å²) < 4.78 is 33.8. The van der Waals surface area contributed by atoms with Gasteiger partial charge in [-0.25, -0.2) is 9.59 Å². The number of hydrogen-bond acceptors (Lipinski definition) is 17. The lowest BCUT2D eigenvalue weighted by atomic mass is 9.95. The lowest BCUT2D eigenvalue weighted by molar-refractivity contribution is -0.384. The summed E-state index contributed by atoms with van der Waals surface area (Å²) in [4.78, 5) is 70.4. The van der Waals surface area contributed by atoms with Crippen LogP contribution in [0.25, 0.3) is 0 Å². The largest absolute Gasteiger partial charge is 0.514 e. The van der Waals surface area contributed by atoms with Gasteiger partial charge in [0.2, 0.25) is 0 Å². The number of likely N-dealkylation sites (N-methyl/N-ethyl adjacent to an activating group) is 2. The van der Waals surface area contributed by atoms with Crippen molar-refractivity contribution < 1.29 is 57.6 Å². The lowest BCUT2D eigenvalue weighted by Crippen LogP contribution is -2.40. The van der Waals surface area contributed by atoms with E-state index in [1.807, 2.05) is 0 Å². The molecule has 18 nitrogen and oxygen atoms in total. The zero-order valence-electron chi connectivity index (χ0n) is 70.0. The van der Waals surface area contributed by atoms with E-state index in [1.165, 1.54) is 178 Å². The van der Waals surface area contributed by atoms with Gasteiger partial charge in [0.1, 0.15) is 24.6 Å². The zero-order chi connectivity index (χ0) is 77.5. The van der Waals surface area contributed by atoms with Crippen molar-refractivity contribution in [2.45, 2.75) is 391 Å². The van der Waals surface area contributed by atoms with E-state index in [2.05, 4.69) is 117 Å². The first-order valence-electron chi connectivity index (χ1n) is 43.2. The first-order valence-corrected chi connectivity index (χ1v) is 43.2. The molecule has 104 heavy (non-hydrogen) atoms. The standard InChI is InChI=1S/C40H80N2O5.C35H59NO7.C11H26N2O/c1-8-13-16-19-21-23-27-37(26-22-18-15-10-3)35-46-39(43)30-25-29-38(28-24-20-17-14-9-2)47-40(44)45-34-33-42(36(6)7)32-31-41(11-4)12-5;1-4-7-10-13-15-17-21-30(20-16-12-9-6-3)29-41-34(37)24-19-23-32(22-18-14-11-8-5-2)42-35(38)43-33-27-25-31(26-28-33)36(39)40;1-5-12(6-2)7-8-13(9-10-14)11(3)4/h36-38H,8-35H2,1-7H3;25-28,30,32H,4-24,29H2,1-3H3;11,14H,5-10H2,1-4H3. The van der Waals surface area contributed by atoms with Crippen molar-refractivity contribution in [3.63, 3.8) is 0 Å². The number of nitro groups is 1. The molecule has 0 amide bonds. The maximum absolute atomic E-state index is 12.7. The summed E-state index contributed by atoms with van der Waals surface area (Å²) in [5.41, 5.74) is -0.0808. The Morgan fingerprint density at radius 2 is 0.712 bits per heavy atom. The number of ether oxygens (including phenoxy) is 6. The molecule has 1 rings (SSSR count). The number of benzene rings is 1. The SMILES string of the molecule is CCCCCCCCC(CCCCCC)COC(=O)CCCC(CCCCCCC)OC(=O)OCCN(CCN(CC)CC)C(C)C.CCCCCCCCC(CCCCCC)COC(=O)CCCC(CCCCCCC)OC(=O)Oc1ccc([N+](=O)[O-])cc1.CCN(CC)CCN(CCO)C(C)C. The predicted octanol–water partition coefficient (Wildman–Crippen LogP) is 22.9. The van der Waals surface area contributed by atoms with Gasteiger partial charge in [0.15, 0.2) is 0 Å². The van der Waals surface area contributed by atoms with Crippen LogP contribution in [0.1, 0.15) is 367 Å². The Balaban J connectivity index is 0. The Morgan fingerprint density at radius 3 is 1.05 bits per heavy atom. The third-order valence-electron chi connectivity index (χ3n) is 20.3. The maximum atomic E-state index is 12.7. The normalized spacial score (nSPS) is 12.6. The van der Waals surface area contributed by atoms with Crippen molar-refractivity contribution in [1.29, 1.82) is 0 Å². The minimum Gasteiger partial charge on any atom is -0.465 e. The van der Waals surface area contributed by atoms with Gasteiger partial charge in [0.05, 0.1) is 24.7 Å². The average Bonchev–Trinajstić information content (AvgIpc) is 0.895. The molecule has 0 aliphatic heterocycles. The van der Waals surface area contributed by atoms with Crippen LogP contribution in [0.3, 0.4) is 0 Å². The molecule has 0 radical (unpaired) electrons. The van der Waals surface area contributed by atoms with Gasteiger partial charge < -0.3 is 43.3 Å². The third-order valence-corrected chi connectivity index (χ3v) is 20.3. The number of unbranched alkanes of at least 4 members (excludes halogenated alkanes) is 24. The van der Waals surface area contributed by atoms with Crippen molar-refractivity contribution in [3.05, 3.63) is 34.4 Å². The fourth-order valence-electron chi connectivity index (χ4n) is 13.1. The van der Waals surface area contributed by atoms with Gasteiger partial charge in [-0.1, -0.05) is 249 Å². The number of esters is 2. The molecule has 0 fully saturated rings. The number of nitro benzene ring substituents is 1. The highest BCUT2D eigenvalue weighted by atomic mass is 16.7. The molecule has 0 heterocycles. The number of aliphatic hydroxyl groups excluding tert-OH is 1. The van der Waals surface area contributed by atoms with Gasteiger partial charge in [-0.2, -0.15) is 0 Å². The molecule has 0 saturated carbocycles. The van der Waals surface area contributed by atoms with Gasteiger partial charge in [-0.15, -0.1) is 0 Å². The Labute approximate surface area is 638 Å². The molecular formula is C86H165N5O13. The van der Waals surface area contributed by atoms with E-state index < -0.39 is 17.2 Å². The monoisotopic (exact) mass is 1480 g/mol. The van der Waals surface area contributed by atoms with Crippen LogP contribution in [-0.4, -0.2) is 170 Å². The molecule has 1 N–H and O–H groups in total. The number of carbonyl (C=O) groups is 4. The van der Waals surface area contributed by atoms with Gasteiger partial charge in [0, 0.05) is 76.3 Å². The molecular weight excluding hydrogens is 1310 g/mol. The van der Waals surface area contributed by atoms with Crippen LogP contribution < -0.4 is 4.74 Å². The molecule has 1 aromatic rings. The lowest BCUT2D eigenvalue weighted by Gasteiger charge is -2.29. The predicted molar refractivity (Wildman–Crippen MR) is 433 cm³/mol. The Morgan fingerprint density at radius 1 is 0.394 bits per heavy atom. The Kier molecular flexibility index (Phi) is 72.9. The Bertz CT molecular complexity index is 2080. The number of carbonyl (C=O) groups excluding carboxylic acids is 4. The van der Waals surface area contributed by atoms with Crippen LogP contribution in [0.4, 0.5) is 15.3 Å². The summed E-state index contributed by atoms with van der Waals surface area (Å²) in [6.45, 7) is 42.4. The van der Waals surface area contributed by atoms with Crippen LogP contribution in [-0.2, 0) is 33.3 Å². The van der Waals surface area contributed by atoms with E-state index >= 15 is 0 Å². The van der Waals surface area contributed by atoms with Gasteiger partial charge in [0.25, 0.3) is 5.69 Å². The van der Waals surface area contributed by atoms with Gasteiger partial charge in [-0.3, -0.25) is 29.5 Å². The zero-order valence-corrected chi connectivity index (χ0v) is 70.0. The highest BCUT2D eigenvalue weighted by Gasteiger charge is 2.22. The maximum Gasteiger partial charge on any atom is 0.514 e. The first kappa shape index (κ1) is 102. The average molecular weight is 1480 g/mol. The number of rotatable bonds is 69. The van der Waals surface area contributed by atoms with Crippen LogP contribution in [0, 0.1) is 22.0 Å². The minimum absolute atomic E-state index is 0.0808. The van der Waals surface area contributed by atoms with Gasteiger partial charge >= 0.3 is 24.2 Å². The summed E-state index contributed by atoms with van der Waals surface area (Å²) in [6.07, 6.45) is 43.8. The van der Waals surface area contributed by atoms with E-state index in [0.29, 0.717) is 95.2 Å². The van der Waals surface area contributed by atoms with Crippen molar-refractivity contribution in [3.8, 4) is 5.75 Å². The number of non-ortho nitro benzene ring substituents is 1. The molecule has 612 valence electrons. The fourth-order valence-corrected chi connectivity index (χ4v) is 13.1. The van der Waals surface area contributed by atoms with Crippen molar-refractivity contribution in [2.24, 2.45) is 11.8 Å². The molecule has 4 atom stereocenters. The van der Waals surface area contributed by atoms with Crippen LogP contribution in [0.2, 0.25) is 0 Å². The second-order valence-electron chi connectivity index (χ2n) is 29.8. The highest BCUT2D eigenvalue weighted by molar-refractivity contribution is 5.69. The van der Waals surface area contributed by atoms with E-state index in [0.717, 1.165) is 130 Å². The molecule has 0 aromatic heterocycles. The molecule has 18 heteroatoms. The molecule has 0 aliphatic carbocycles.